The quantitative estimate of drug-likeness (QED) is 0.333. The molecule has 0 spiro atoms. The molecule has 0 heterocycles. The summed E-state index contributed by atoms with van der Waals surface area (Å²) in [5.41, 5.74) is 0. The van der Waals surface area contributed by atoms with Crippen molar-refractivity contribution >= 4 is 30.1 Å². The highest BCUT2D eigenvalue weighted by Crippen LogP contribution is 2.14. The molecule has 0 bridgehead atoms. The fourth-order valence-electron chi connectivity index (χ4n) is 1.67. The molecule has 0 aliphatic carbocycles. The highest BCUT2D eigenvalue weighted by molar-refractivity contribution is 7.99. The summed E-state index contributed by atoms with van der Waals surface area (Å²) in [6.07, 6.45) is 2.50. The zero-order valence-electron chi connectivity index (χ0n) is 11.6. The number of thioether (sulfide) groups is 1. The molecule has 0 rings (SSSR count). The summed E-state index contributed by atoms with van der Waals surface area (Å²) < 4.78 is 11.9. The summed E-state index contributed by atoms with van der Waals surface area (Å²) in [4.78, 5) is 33.9. The largest absolute Gasteiger partial charge is 0.301 e. The van der Waals surface area contributed by atoms with Crippen LogP contribution in [0.4, 0.5) is 4.39 Å². The van der Waals surface area contributed by atoms with Crippen LogP contribution in [-0.2, 0) is 14.4 Å². The van der Waals surface area contributed by atoms with Crippen molar-refractivity contribution in [3.05, 3.63) is 0 Å². The summed E-state index contributed by atoms with van der Waals surface area (Å²) in [5.74, 6) is 0.761. The van der Waals surface area contributed by atoms with Crippen molar-refractivity contribution in [1.82, 2.24) is 4.90 Å². The first-order valence-electron chi connectivity index (χ1n) is 6.56. The molecule has 0 aliphatic rings. The highest BCUT2D eigenvalue weighted by Gasteiger charge is 2.15. The predicted molar refractivity (Wildman–Crippen MR) is 74.6 cm³/mol. The minimum atomic E-state index is -1.31. The van der Waals surface area contributed by atoms with Gasteiger partial charge in [-0.05, 0) is 18.6 Å². The Bertz CT molecular complexity index is 300. The first kappa shape index (κ1) is 18.1. The van der Waals surface area contributed by atoms with Crippen LogP contribution in [-0.4, -0.2) is 40.8 Å². The normalized spacial score (nSPS) is 11.9. The molecule has 110 valence electrons. The van der Waals surface area contributed by atoms with Gasteiger partial charge in [-0.1, -0.05) is 20.3 Å². The summed E-state index contributed by atoms with van der Waals surface area (Å²) >= 11 is 1.68. The molecule has 0 aromatic carbocycles. The maximum Gasteiger partial charge on any atom is 0.301 e. The number of carbonyl (C=O) groups excluding carboxylic acids is 3. The number of hydrogen-bond donors (Lipinski definition) is 0. The van der Waals surface area contributed by atoms with E-state index in [4.69, 9.17) is 0 Å². The van der Waals surface area contributed by atoms with Crippen LogP contribution in [0.1, 0.15) is 46.0 Å². The molecule has 2 amide bonds. The molecule has 0 aliphatic heterocycles. The number of unbranched alkanes of at least 4 members (excludes halogenated alkanes) is 2. The van der Waals surface area contributed by atoms with Gasteiger partial charge in [0.15, 0.2) is 0 Å². The molecule has 0 fully saturated rings. The number of carbonyl (C=O) groups is 3. The van der Waals surface area contributed by atoms with E-state index >= 15 is 0 Å². The van der Waals surface area contributed by atoms with E-state index in [1.54, 1.807) is 11.8 Å². The van der Waals surface area contributed by atoms with Crippen LogP contribution in [0, 0.1) is 0 Å². The van der Waals surface area contributed by atoms with E-state index in [9.17, 15) is 18.8 Å². The molecule has 0 aromatic rings. The second kappa shape index (κ2) is 11.0. The lowest BCUT2D eigenvalue weighted by molar-refractivity contribution is -0.138. The Morgan fingerprint density at radius 2 is 2.00 bits per heavy atom. The van der Waals surface area contributed by atoms with Gasteiger partial charge in [0.05, 0.1) is 0 Å². The van der Waals surface area contributed by atoms with Crippen LogP contribution in [0.15, 0.2) is 0 Å². The van der Waals surface area contributed by atoms with Crippen molar-refractivity contribution in [2.24, 2.45) is 0 Å². The van der Waals surface area contributed by atoms with E-state index in [0.717, 1.165) is 5.75 Å². The zero-order chi connectivity index (χ0) is 14.7. The molecule has 0 radical (unpaired) electrons. The lowest BCUT2D eigenvalue weighted by Crippen LogP contribution is -2.32. The van der Waals surface area contributed by atoms with E-state index in [1.807, 2.05) is 13.8 Å². The number of halogens is 1. The van der Waals surface area contributed by atoms with Gasteiger partial charge >= 0.3 is 6.04 Å². The monoisotopic (exact) mass is 291 g/mol. The Kier molecular flexibility index (Phi) is 10.4. The van der Waals surface area contributed by atoms with Gasteiger partial charge in [0.1, 0.15) is 0 Å². The fraction of sp³-hybridized carbons (Fsp3) is 0.769. The molecule has 4 nitrogen and oxygen atoms in total. The van der Waals surface area contributed by atoms with E-state index in [0.29, 0.717) is 38.6 Å². The van der Waals surface area contributed by atoms with E-state index in [-0.39, 0.29) is 17.6 Å². The molecule has 0 N–H and O–H groups in total. The van der Waals surface area contributed by atoms with Crippen molar-refractivity contribution < 1.29 is 18.8 Å². The fourth-order valence-corrected chi connectivity index (χ4v) is 2.50. The predicted octanol–water partition coefficient (Wildman–Crippen LogP) is 2.56. The molecule has 1 atom stereocenters. The van der Waals surface area contributed by atoms with Gasteiger partial charge in [-0.3, -0.25) is 19.3 Å². The number of hydrogen-bond acceptors (Lipinski definition) is 4. The van der Waals surface area contributed by atoms with Crippen molar-refractivity contribution in [2.45, 2.75) is 51.2 Å². The van der Waals surface area contributed by atoms with Crippen molar-refractivity contribution in [2.75, 3.05) is 12.3 Å². The molecule has 1 unspecified atom stereocenters. The molecule has 0 saturated carbocycles. The van der Waals surface area contributed by atoms with Crippen molar-refractivity contribution in [3.8, 4) is 0 Å². The first-order valence-corrected chi connectivity index (χ1v) is 7.60. The Labute approximate surface area is 118 Å². The van der Waals surface area contributed by atoms with Gasteiger partial charge in [0.25, 0.3) is 0 Å². The van der Waals surface area contributed by atoms with Crippen LogP contribution in [0.25, 0.3) is 0 Å². The van der Waals surface area contributed by atoms with Gasteiger partial charge in [0.2, 0.25) is 12.3 Å². The van der Waals surface area contributed by atoms with E-state index in [1.165, 1.54) is 4.90 Å². The Balaban J connectivity index is 3.89. The molecule has 19 heavy (non-hydrogen) atoms. The number of rotatable bonds is 11. The van der Waals surface area contributed by atoms with Crippen LogP contribution >= 0.6 is 11.8 Å². The van der Waals surface area contributed by atoms with Gasteiger partial charge in [-0.2, -0.15) is 16.2 Å². The maximum absolute atomic E-state index is 11.9. The van der Waals surface area contributed by atoms with Crippen molar-refractivity contribution in [3.63, 3.8) is 0 Å². The minimum absolute atomic E-state index is 0.0841. The van der Waals surface area contributed by atoms with Gasteiger partial charge < -0.3 is 0 Å². The van der Waals surface area contributed by atoms with Gasteiger partial charge in [-0.25, -0.2) is 0 Å². The Hall–Kier alpha value is -0.910. The van der Waals surface area contributed by atoms with Gasteiger partial charge in [-0.15, -0.1) is 0 Å². The molecule has 6 heteroatoms. The van der Waals surface area contributed by atoms with Crippen LogP contribution < -0.4 is 0 Å². The summed E-state index contributed by atoms with van der Waals surface area (Å²) in [7, 11) is 0. The second-order valence-electron chi connectivity index (χ2n) is 4.33. The molecular weight excluding hydrogens is 269 g/mol. The lowest BCUT2D eigenvalue weighted by atomic mass is 10.2. The standard InChI is InChI=1S/C13H22FNO3S/c1-3-19-11(2)9-13(18)15(10-16)8-6-4-5-7-12(14)17/h10-11H,3-9H2,1-2H3. The van der Waals surface area contributed by atoms with Crippen LogP contribution in [0.3, 0.4) is 0 Å². The highest BCUT2D eigenvalue weighted by atomic mass is 32.2. The summed E-state index contributed by atoms with van der Waals surface area (Å²) in [5, 5.41) is 0.198. The second-order valence-corrected chi connectivity index (χ2v) is 6.04. The third kappa shape index (κ3) is 9.64. The topological polar surface area (TPSA) is 54.5 Å². The average Bonchev–Trinajstić information content (AvgIpc) is 2.33. The number of imide groups is 1. The van der Waals surface area contributed by atoms with Crippen LogP contribution in [0.2, 0.25) is 0 Å². The maximum atomic E-state index is 11.9. The van der Waals surface area contributed by atoms with E-state index in [2.05, 4.69) is 0 Å². The summed E-state index contributed by atoms with van der Waals surface area (Å²) in [6.45, 7) is 4.32. The van der Waals surface area contributed by atoms with Gasteiger partial charge in [0, 0.05) is 24.6 Å². The van der Waals surface area contributed by atoms with Crippen LogP contribution in [0.5, 0.6) is 0 Å². The summed E-state index contributed by atoms with van der Waals surface area (Å²) in [6, 6.07) is -1.31. The van der Waals surface area contributed by atoms with Crippen molar-refractivity contribution in [1.29, 1.82) is 0 Å². The Morgan fingerprint density at radius 3 is 2.53 bits per heavy atom. The zero-order valence-corrected chi connectivity index (χ0v) is 12.4. The average molecular weight is 291 g/mol. The van der Waals surface area contributed by atoms with E-state index < -0.39 is 6.04 Å². The lowest BCUT2D eigenvalue weighted by Gasteiger charge is -2.17. The number of nitrogens with zero attached hydrogens (tertiary/aromatic N) is 1. The smallest absolute Gasteiger partial charge is 0.285 e. The molecular formula is C13H22FNO3S. The third-order valence-electron chi connectivity index (χ3n) is 2.63. The molecule has 0 aromatic heterocycles. The minimum Gasteiger partial charge on any atom is -0.285 e. The third-order valence-corrected chi connectivity index (χ3v) is 3.70. The first-order chi connectivity index (χ1) is 9.01. The molecule has 0 saturated heterocycles. The SMILES string of the molecule is CCSC(C)CC(=O)N(C=O)CCCCCC(=O)F. The Morgan fingerprint density at radius 1 is 1.32 bits per heavy atom. The number of amides is 2.